The van der Waals surface area contributed by atoms with Gasteiger partial charge < -0.3 is 9.64 Å². The number of ether oxygens (including phenoxy) is 1. The van der Waals surface area contributed by atoms with E-state index in [0.717, 1.165) is 38.3 Å². The highest BCUT2D eigenvalue weighted by Crippen LogP contribution is 2.28. The molecule has 1 rings (SSSR count). The Bertz CT molecular complexity index is 360. The normalized spacial score (nSPS) is 12.7. The van der Waals surface area contributed by atoms with Crippen LogP contribution in [0.15, 0.2) is 24.3 Å². The van der Waals surface area contributed by atoms with Crippen LogP contribution in [0.1, 0.15) is 58.4 Å². The number of rotatable bonds is 10. The van der Waals surface area contributed by atoms with Gasteiger partial charge in [-0.15, -0.1) is 0 Å². The molecule has 114 valence electrons. The van der Waals surface area contributed by atoms with E-state index in [2.05, 4.69) is 56.9 Å². The predicted molar refractivity (Wildman–Crippen MR) is 87.7 cm³/mol. The van der Waals surface area contributed by atoms with Crippen LogP contribution in [0, 0.1) is 0 Å². The molecule has 0 aliphatic carbocycles. The molecule has 0 radical (unpaired) electrons. The first-order valence-electron chi connectivity index (χ1n) is 8.16. The summed E-state index contributed by atoms with van der Waals surface area (Å²) in [6.45, 7) is 13.2. The van der Waals surface area contributed by atoms with E-state index in [1.54, 1.807) is 0 Å². The first-order valence-corrected chi connectivity index (χ1v) is 8.16. The van der Waals surface area contributed by atoms with Gasteiger partial charge in [-0.3, -0.25) is 0 Å². The summed E-state index contributed by atoms with van der Waals surface area (Å²) in [4.78, 5) is 2.47. The minimum absolute atomic E-state index is 0.571. The summed E-state index contributed by atoms with van der Waals surface area (Å²) in [7, 11) is 0. The molecule has 1 aromatic rings. The molecule has 0 aliphatic rings. The molecular weight excluding hydrogens is 246 g/mol. The molecule has 0 amide bonds. The van der Waals surface area contributed by atoms with Crippen LogP contribution in [0.2, 0.25) is 0 Å². The minimum atomic E-state index is 0.571. The van der Waals surface area contributed by atoms with Crippen LogP contribution < -0.4 is 4.74 Å². The van der Waals surface area contributed by atoms with Gasteiger partial charge in [0.05, 0.1) is 6.61 Å². The first kappa shape index (κ1) is 17.0. The molecule has 0 bridgehead atoms. The van der Waals surface area contributed by atoms with Gasteiger partial charge in [-0.25, -0.2) is 0 Å². The SMILES string of the molecule is CCC(C)c1ccccc1OCCCCN(CC)CC. The van der Waals surface area contributed by atoms with E-state index >= 15 is 0 Å². The molecule has 0 spiro atoms. The van der Waals surface area contributed by atoms with E-state index in [4.69, 9.17) is 4.74 Å². The highest BCUT2D eigenvalue weighted by Gasteiger charge is 2.09. The maximum atomic E-state index is 5.99. The highest BCUT2D eigenvalue weighted by atomic mass is 16.5. The van der Waals surface area contributed by atoms with Gasteiger partial charge in [0.15, 0.2) is 0 Å². The van der Waals surface area contributed by atoms with Crippen LogP contribution in [0.5, 0.6) is 5.75 Å². The lowest BCUT2D eigenvalue weighted by Gasteiger charge is -2.18. The Morgan fingerprint density at radius 3 is 2.40 bits per heavy atom. The van der Waals surface area contributed by atoms with Crippen molar-refractivity contribution < 1.29 is 4.74 Å². The number of benzene rings is 1. The second-order valence-corrected chi connectivity index (χ2v) is 5.43. The van der Waals surface area contributed by atoms with Gasteiger partial charge in [0.25, 0.3) is 0 Å². The number of hydrogen-bond donors (Lipinski definition) is 0. The van der Waals surface area contributed by atoms with Crippen molar-refractivity contribution >= 4 is 0 Å². The molecule has 0 aromatic heterocycles. The van der Waals surface area contributed by atoms with Crippen LogP contribution in [-0.2, 0) is 0 Å². The van der Waals surface area contributed by atoms with Gasteiger partial charge in [-0.1, -0.05) is 45.9 Å². The van der Waals surface area contributed by atoms with Crippen molar-refractivity contribution in [3.63, 3.8) is 0 Å². The van der Waals surface area contributed by atoms with Gasteiger partial charge in [0.1, 0.15) is 5.75 Å². The Kier molecular flexibility index (Phi) is 8.36. The summed E-state index contributed by atoms with van der Waals surface area (Å²) < 4.78 is 5.99. The molecular formula is C18H31NO. The van der Waals surface area contributed by atoms with E-state index < -0.39 is 0 Å². The molecule has 2 nitrogen and oxygen atoms in total. The van der Waals surface area contributed by atoms with Gasteiger partial charge in [0, 0.05) is 0 Å². The lowest BCUT2D eigenvalue weighted by atomic mass is 9.98. The fraction of sp³-hybridized carbons (Fsp3) is 0.667. The molecule has 0 aliphatic heterocycles. The van der Waals surface area contributed by atoms with Crippen LogP contribution >= 0.6 is 0 Å². The molecule has 2 heteroatoms. The Morgan fingerprint density at radius 2 is 1.75 bits per heavy atom. The standard InChI is InChI=1S/C18H31NO/c1-5-16(4)17-12-8-9-13-18(17)20-15-11-10-14-19(6-2)7-3/h8-9,12-13,16H,5-7,10-11,14-15H2,1-4H3. The zero-order valence-corrected chi connectivity index (χ0v) is 13.7. The molecule has 0 fully saturated rings. The number of para-hydroxylation sites is 1. The summed E-state index contributed by atoms with van der Waals surface area (Å²) in [6, 6.07) is 8.47. The summed E-state index contributed by atoms with van der Waals surface area (Å²) in [6.07, 6.45) is 3.50. The third kappa shape index (κ3) is 5.54. The van der Waals surface area contributed by atoms with Gasteiger partial charge in [0.2, 0.25) is 0 Å². The summed E-state index contributed by atoms with van der Waals surface area (Å²) >= 11 is 0. The molecule has 1 atom stereocenters. The van der Waals surface area contributed by atoms with Gasteiger partial charge >= 0.3 is 0 Å². The van der Waals surface area contributed by atoms with Gasteiger partial charge in [-0.05, 0) is 56.4 Å². The van der Waals surface area contributed by atoms with Crippen LogP contribution in [0.4, 0.5) is 0 Å². The van der Waals surface area contributed by atoms with E-state index in [1.807, 2.05) is 0 Å². The minimum Gasteiger partial charge on any atom is -0.493 e. The zero-order valence-electron chi connectivity index (χ0n) is 13.7. The Balaban J connectivity index is 2.35. The van der Waals surface area contributed by atoms with Crippen molar-refractivity contribution in [2.24, 2.45) is 0 Å². The monoisotopic (exact) mass is 277 g/mol. The smallest absolute Gasteiger partial charge is 0.122 e. The molecule has 1 unspecified atom stereocenters. The summed E-state index contributed by atoms with van der Waals surface area (Å²) in [5.74, 6) is 1.64. The predicted octanol–water partition coefficient (Wildman–Crippen LogP) is 4.70. The highest BCUT2D eigenvalue weighted by molar-refractivity contribution is 5.35. The lowest BCUT2D eigenvalue weighted by molar-refractivity contribution is 0.264. The third-order valence-electron chi connectivity index (χ3n) is 4.08. The van der Waals surface area contributed by atoms with Crippen molar-refractivity contribution in [2.75, 3.05) is 26.2 Å². The van der Waals surface area contributed by atoms with E-state index in [-0.39, 0.29) is 0 Å². The molecule has 0 heterocycles. The number of unbranched alkanes of at least 4 members (excludes halogenated alkanes) is 1. The fourth-order valence-electron chi connectivity index (χ4n) is 2.40. The Morgan fingerprint density at radius 1 is 1.05 bits per heavy atom. The zero-order chi connectivity index (χ0) is 14.8. The largest absolute Gasteiger partial charge is 0.493 e. The van der Waals surface area contributed by atoms with Crippen molar-refractivity contribution in [3.8, 4) is 5.75 Å². The van der Waals surface area contributed by atoms with Crippen LogP contribution in [0.3, 0.4) is 0 Å². The molecule has 1 aromatic carbocycles. The quantitative estimate of drug-likeness (QED) is 0.575. The second kappa shape index (κ2) is 9.82. The number of nitrogens with zero attached hydrogens (tertiary/aromatic N) is 1. The van der Waals surface area contributed by atoms with Gasteiger partial charge in [-0.2, -0.15) is 0 Å². The van der Waals surface area contributed by atoms with E-state index in [1.165, 1.54) is 18.5 Å². The van der Waals surface area contributed by atoms with Crippen molar-refractivity contribution in [3.05, 3.63) is 29.8 Å². The number of hydrogen-bond acceptors (Lipinski definition) is 2. The fourth-order valence-corrected chi connectivity index (χ4v) is 2.40. The second-order valence-electron chi connectivity index (χ2n) is 5.43. The maximum Gasteiger partial charge on any atom is 0.122 e. The maximum absolute atomic E-state index is 5.99. The summed E-state index contributed by atoms with van der Waals surface area (Å²) in [5, 5.41) is 0. The Labute approximate surface area is 125 Å². The first-order chi connectivity index (χ1) is 9.72. The van der Waals surface area contributed by atoms with E-state index in [0.29, 0.717) is 5.92 Å². The third-order valence-corrected chi connectivity index (χ3v) is 4.08. The van der Waals surface area contributed by atoms with Crippen molar-refractivity contribution in [2.45, 2.75) is 52.9 Å². The van der Waals surface area contributed by atoms with Crippen molar-refractivity contribution in [1.29, 1.82) is 0 Å². The van der Waals surface area contributed by atoms with Crippen LogP contribution in [-0.4, -0.2) is 31.1 Å². The topological polar surface area (TPSA) is 12.5 Å². The average Bonchev–Trinajstić information content (AvgIpc) is 2.50. The average molecular weight is 277 g/mol. The molecule has 0 saturated carbocycles. The summed E-state index contributed by atoms with van der Waals surface area (Å²) in [5.41, 5.74) is 1.35. The lowest BCUT2D eigenvalue weighted by Crippen LogP contribution is -2.24. The Hall–Kier alpha value is -1.02. The van der Waals surface area contributed by atoms with Crippen molar-refractivity contribution in [1.82, 2.24) is 4.90 Å². The molecule has 0 saturated heterocycles. The van der Waals surface area contributed by atoms with Crippen LogP contribution in [0.25, 0.3) is 0 Å². The molecule has 20 heavy (non-hydrogen) atoms. The molecule has 0 N–H and O–H groups in total. The van der Waals surface area contributed by atoms with E-state index in [9.17, 15) is 0 Å².